The Balaban J connectivity index is 1.87. The average molecular weight is 344 g/mol. The molecule has 0 aliphatic carbocycles. The first kappa shape index (κ1) is 15.6. The summed E-state index contributed by atoms with van der Waals surface area (Å²) in [7, 11) is 1.76. The number of aliphatic hydroxyl groups excluding tert-OH is 1. The highest BCUT2D eigenvalue weighted by Gasteiger charge is 2.18. The number of ether oxygens (including phenoxy) is 1. The van der Waals surface area contributed by atoms with Gasteiger partial charge in [0.05, 0.1) is 11.8 Å². The van der Waals surface area contributed by atoms with E-state index in [0.29, 0.717) is 40.8 Å². The van der Waals surface area contributed by atoms with Gasteiger partial charge in [-0.3, -0.25) is 5.32 Å². The molecule has 1 aromatic carbocycles. The predicted octanol–water partition coefficient (Wildman–Crippen LogP) is 1.63. The lowest BCUT2D eigenvalue weighted by molar-refractivity contribution is 0.133. The lowest BCUT2D eigenvalue weighted by Gasteiger charge is -2.12. The number of aromatic nitrogens is 3. The zero-order valence-electron chi connectivity index (χ0n) is 13.5. The fraction of sp³-hybridized carbons (Fsp3) is 0.250. The number of halogens is 1. The van der Waals surface area contributed by atoms with E-state index >= 15 is 0 Å². The molecule has 0 fully saturated rings. The van der Waals surface area contributed by atoms with Crippen molar-refractivity contribution in [3.63, 3.8) is 0 Å². The SMILES string of the molecule is CNc1cc2nc3c(cnn13)C(O)NCCOc1cc(F)cc(c1)N2. The van der Waals surface area contributed by atoms with Crippen LogP contribution in [0.15, 0.2) is 30.5 Å². The summed E-state index contributed by atoms with van der Waals surface area (Å²) in [6.07, 6.45) is 0.611. The van der Waals surface area contributed by atoms with E-state index in [0.717, 1.165) is 0 Å². The summed E-state index contributed by atoms with van der Waals surface area (Å²) in [5.74, 6) is 1.15. The second kappa shape index (κ2) is 6.19. The van der Waals surface area contributed by atoms with E-state index in [1.165, 1.54) is 12.1 Å². The third kappa shape index (κ3) is 2.94. The van der Waals surface area contributed by atoms with Gasteiger partial charge in [0.15, 0.2) is 5.65 Å². The summed E-state index contributed by atoms with van der Waals surface area (Å²) >= 11 is 0. The Kier molecular flexibility index (Phi) is 3.86. The molecule has 1 aliphatic heterocycles. The minimum Gasteiger partial charge on any atom is -0.492 e. The van der Waals surface area contributed by atoms with Crippen molar-refractivity contribution in [1.82, 2.24) is 19.9 Å². The van der Waals surface area contributed by atoms with Crippen LogP contribution < -0.4 is 20.7 Å². The van der Waals surface area contributed by atoms with Crippen molar-refractivity contribution in [2.24, 2.45) is 0 Å². The summed E-state index contributed by atoms with van der Waals surface area (Å²) in [4.78, 5) is 4.51. The molecule has 25 heavy (non-hydrogen) atoms. The Labute approximate surface area is 142 Å². The Hall–Kier alpha value is -2.91. The molecule has 0 saturated heterocycles. The molecule has 3 aromatic rings. The lowest BCUT2D eigenvalue weighted by atomic mass is 10.3. The maximum absolute atomic E-state index is 13.8. The van der Waals surface area contributed by atoms with Gasteiger partial charge in [-0.15, -0.1) is 0 Å². The van der Waals surface area contributed by atoms with Crippen LogP contribution in [0, 0.1) is 5.82 Å². The summed E-state index contributed by atoms with van der Waals surface area (Å²) in [6, 6.07) is 6.11. The minimum atomic E-state index is -0.950. The van der Waals surface area contributed by atoms with Gasteiger partial charge in [-0.2, -0.15) is 9.61 Å². The van der Waals surface area contributed by atoms with Crippen LogP contribution in [0.5, 0.6) is 5.75 Å². The zero-order chi connectivity index (χ0) is 17.4. The fourth-order valence-electron chi connectivity index (χ4n) is 2.76. The standard InChI is InChI=1S/C16H17FN6O2/c1-18-14-7-13-21-10-4-9(17)5-11(6-10)25-3-2-19-16(24)12-8-20-23(14)15(12)22-13/h4-8,16,18-19,24H,2-3H2,1H3,(H,21,22). The Morgan fingerprint density at radius 3 is 3.08 bits per heavy atom. The molecule has 4 N–H and O–H groups in total. The molecule has 1 unspecified atom stereocenters. The first-order valence-electron chi connectivity index (χ1n) is 7.82. The van der Waals surface area contributed by atoms with Crippen LogP contribution in [0.25, 0.3) is 5.65 Å². The van der Waals surface area contributed by atoms with E-state index in [2.05, 4.69) is 26.0 Å². The normalized spacial score (nSPS) is 17.2. The van der Waals surface area contributed by atoms with Crippen molar-refractivity contribution >= 4 is 23.0 Å². The average Bonchev–Trinajstić information content (AvgIpc) is 3.00. The van der Waals surface area contributed by atoms with Crippen LogP contribution in [0.2, 0.25) is 0 Å². The Morgan fingerprint density at radius 2 is 2.24 bits per heavy atom. The first-order valence-corrected chi connectivity index (χ1v) is 7.82. The summed E-state index contributed by atoms with van der Waals surface area (Å²) in [5, 5.41) is 23.7. The van der Waals surface area contributed by atoms with Crippen LogP contribution in [-0.2, 0) is 0 Å². The van der Waals surface area contributed by atoms with Crippen molar-refractivity contribution in [3.8, 4) is 5.75 Å². The number of nitrogens with zero attached hydrogens (tertiary/aromatic N) is 3. The highest BCUT2D eigenvalue weighted by Crippen LogP contribution is 2.27. The first-order chi connectivity index (χ1) is 12.1. The fourth-order valence-corrected chi connectivity index (χ4v) is 2.76. The van der Waals surface area contributed by atoms with Gasteiger partial charge in [0.1, 0.15) is 36.0 Å². The number of nitrogens with one attached hydrogen (secondary N) is 3. The van der Waals surface area contributed by atoms with Crippen molar-refractivity contribution in [1.29, 1.82) is 0 Å². The topological polar surface area (TPSA) is 95.7 Å². The Bertz CT molecular complexity index is 928. The van der Waals surface area contributed by atoms with Gasteiger partial charge in [-0.25, -0.2) is 9.37 Å². The number of benzene rings is 1. The third-order valence-electron chi connectivity index (χ3n) is 3.90. The molecule has 0 amide bonds. The summed E-state index contributed by atoms with van der Waals surface area (Å²) < 4.78 is 21.0. The lowest BCUT2D eigenvalue weighted by Crippen LogP contribution is -2.26. The molecule has 9 heteroatoms. The smallest absolute Gasteiger partial charge is 0.166 e. The van der Waals surface area contributed by atoms with Crippen LogP contribution in [0.4, 0.5) is 21.7 Å². The van der Waals surface area contributed by atoms with E-state index in [9.17, 15) is 9.50 Å². The number of fused-ring (bicyclic) bond motifs is 3. The third-order valence-corrected chi connectivity index (χ3v) is 3.90. The van der Waals surface area contributed by atoms with Crippen LogP contribution in [0.3, 0.4) is 0 Å². The van der Waals surface area contributed by atoms with Gasteiger partial charge in [0, 0.05) is 37.5 Å². The maximum Gasteiger partial charge on any atom is 0.166 e. The molecule has 0 spiro atoms. The van der Waals surface area contributed by atoms with E-state index in [4.69, 9.17) is 4.74 Å². The van der Waals surface area contributed by atoms with Gasteiger partial charge in [-0.1, -0.05) is 0 Å². The van der Waals surface area contributed by atoms with Crippen LogP contribution in [0.1, 0.15) is 11.8 Å². The largest absolute Gasteiger partial charge is 0.492 e. The van der Waals surface area contributed by atoms with Crippen molar-refractivity contribution in [2.75, 3.05) is 30.8 Å². The molecule has 0 saturated carbocycles. The zero-order valence-corrected chi connectivity index (χ0v) is 13.5. The van der Waals surface area contributed by atoms with Crippen LogP contribution in [-0.4, -0.2) is 39.9 Å². The Morgan fingerprint density at radius 1 is 1.36 bits per heavy atom. The van der Waals surface area contributed by atoms with E-state index in [1.54, 1.807) is 29.9 Å². The van der Waals surface area contributed by atoms with Crippen molar-refractivity contribution in [3.05, 3.63) is 41.8 Å². The number of anilines is 3. The molecule has 3 heterocycles. The maximum atomic E-state index is 13.8. The molecule has 0 radical (unpaired) electrons. The highest BCUT2D eigenvalue weighted by atomic mass is 19.1. The number of hydrogen-bond donors (Lipinski definition) is 4. The predicted molar refractivity (Wildman–Crippen MR) is 90.7 cm³/mol. The molecule has 1 aliphatic rings. The minimum absolute atomic E-state index is 0.275. The van der Waals surface area contributed by atoms with E-state index < -0.39 is 12.0 Å². The molecular formula is C16H17FN6O2. The molecule has 4 rings (SSSR count). The van der Waals surface area contributed by atoms with Gasteiger partial charge in [0.2, 0.25) is 0 Å². The summed E-state index contributed by atoms with van der Waals surface area (Å²) in [6.45, 7) is 0.646. The number of hydrogen-bond acceptors (Lipinski definition) is 7. The number of aliphatic hydroxyl groups is 1. The molecule has 130 valence electrons. The summed E-state index contributed by atoms with van der Waals surface area (Å²) in [5.41, 5.74) is 1.55. The monoisotopic (exact) mass is 344 g/mol. The number of rotatable bonds is 1. The quantitative estimate of drug-likeness (QED) is 0.533. The van der Waals surface area contributed by atoms with Gasteiger partial charge < -0.3 is 20.5 Å². The van der Waals surface area contributed by atoms with Crippen LogP contribution >= 0.6 is 0 Å². The molecule has 1 atom stereocenters. The second-order valence-corrected chi connectivity index (χ2v) is 5.62. The van der Waals surface area contributed by atoms with E-state index in [-0.39, 0.29) is 6.61 Å². The van der Waals surface area contributed by atoms with Gasteiger partial charge in [0.25, 0.3) is 0 Å². The molecular weight excluding hydrogens is 327 g/mol. The molecule has 2 aromatic heterocycles. The molecule has 8 nitrogen and oxygen atoms in total. The van der Waals surface area contributed by atoms with Gasteiger partial charge >= 0.3 is 0 Å². The molecule has 4 bridgehead atoms. The second-order valence-electron chi connectivity index (χ2n) is 5.62. The van der Waals surface area contributed by atoms with Gasteiger partial charge in [-0.05, 0) is 6.07 Å². The van der Waals surface area contributed by atoms with Crippen molar-refractivity contribution in [2.45, 2.75) is 6.23 Å². The highest BCUT2D eigenvalue weighted by molar-refractivity contribution is 5.66. The van der Waals surface area contributed by atoms with Crippen molar-refractivity contribution < 1.29 is 14.2 Å². The van der Waals surface area contributed by atoms with E-state index in [1.807, 2.05) is 0 Å².